The highest BCUT2D eigenvalue weighted by molar-refractivity contribution is 5.68. The van der Waals surface area contributed by atoms with Gasteiger partial charge in [0, 0.05) is 51.9 Å². The number of allylic oxidation sites excluding steroid dienone is 1. The lowest BCUT2D eigenvalue weighted by atomic mass is 10.3. The molecule has 0 aromatic rings. The highest BCUT2D eigenvalue weighted by Gasteiger charge is 2.06. The zero-order valence-corrected chi connectivity index (χ0v) is 16.1. The Bertz CT molecular complexity index is 289. The van der Waals surface area contributed by atoms with Crippen molar-refractivity contribution in [1.82, 2.24) is 10.6 Å². The second-order valence-electron chi connectivity index (χ2n) is 6.30. The molecular formula is C19H36N2O5. The Kier molecular flexibility index (Phi) is 15.0. The molecule has 0 bridgehead atoms. The highest BCUT2D eigenvalue weighted by atomic mass is 16.6. The van der Waals surface area contributed by atoms with Crippen LogP contribution in [0.25, 0.3) is 0 Å². The van der Waals surface area contributed by atoms with E-state index in [4.69, 9.17) is 14.2 Å². The molecule has 0 saturated carbocycles. The van der Waals surface area contributed by atoms with Gasteiger partial charge in [0.25, 0.3) is 0 Å². The fourth-order valence-electron chi connectivity index (χ4n) is 2.17. The monoisotopic (exact) mass is 372 g/mol. The minimum absolute atomic E-state index is 0.296. The number of alkyl carbamates (subject to hydrolysis) is 1. The van der Waals surface area contributed by atoms with E-state index < -0.39 is 0 Å². The predicted octanol–water partition coefficient (Wildman–Crippen LogP) is 2.61. The molecule has 5 saturated heterocycles. The molecule has 5 rings (SSSR count). The first-order valence-electron chi connectivity index (χ1n) is 9.84. The molecule has 5 fully saturated rings. The van der Waals surface area contributed by atoms with E-state index in [0.29, 0.717) is 13.2 Å². The number of carbonyl (C=O) groups excluding carboxylic acids is 1. The smallest absolute Gasteiger partial charge is 0.407 e. The number of ether oxygens (including phenoxy) is 4. The quantitative estimate of drug-likeness (QED) is 0.681. The molecule has 5 heterocycles. The summed E-state index contributed by atoms with van der Waals surface area (Å²) in [5.41, 5.74) is 1.20. The van der Waals surface area contributed by atoms with Crippen LogP contribution in [-0.2, 0) is 18.9 Å². The molecule has 26 heavy (non-hydrogen) atoms. The molecule has 2 N–H and O–H groups in total. The summed E-state index contributed by atoms with van der Waals surface area (Å²) in [6.07, 6.45) is 8.55. The molecule has 0 spiro atoms. The molecule has 0 aromatic heterocycles. The van der Waals surface area contributed by atoms with Crippen molar-refractivity contribution in [3.63, 3.8) is 0 Å². The Morgan fingerprint density at radius 3 is 1.31 bits per heavy atom. The van der Waals surface area contributed by atoms with Gasteiger partial charge < -0.3 is 29.6 Å². The molecule has 7 nitrogen and oxygen atoms in total. The standard InChI is InChI=1S/C5H9N.2C4H8O.C3H5NO2.C3H6O/c1-5-3-2-4-6-5;2*1-2-4-5-3-1;5-3-4-1-2-6-3;1-2-4-3-1/h6H,1-4H2;2*1-4H2;1-2H2,(H,4,5);1-3H2. The summed E-state index contributed by atoms with van der Waals surface area (Å²) in [4.78, 5) is 9.91. The van der Waals surface area contributed by atoms with Crippen LogP contribution in [-0.4, -0.2) is 65.4 Å². The van der Waals surface area contributed by atoms with Crippen molar-refractivity contribution >= 4 is 6.09 Å². The SMILES string of the molecule is C1CCOC1.C1CCOC1.C1COC1.C=C1CCCN1.O=C1NCCO1. The van der Waals surface area contributed by atoms with Crippen LogP contribution in [0.15, 0.2) is 12.3 Å². The molecular weight excluding hydrogens is 336 g/mol. The van der Waals surface area contributed by atoms with Crippen molar-refractivity contribution < 1.29 is 23.7 Å². The predicted molar refractivity (Wildman–Crippen MR) is 101 cm³/mol. The van der Waals surface area contributed by atoms with Gasteiger partial charge in [0.1, 0.15) is 6.61 Å². The lowest BCUT2D eigenvalue weighted by Gasteiger charge is -2.09. The Morgan fingerprint density at radius 1 is 0.654 bits per heavy atom. The maximum absolute atomic E-state index is 9.91. The normalized spacial score (nSPS) is 22.3. The van der Waals surface area contributed by atoms with Crippen LogP contribution >= 0.6 is 0 Å². The second-order valence-corrected chi connectivity index (χ2v) is 6.30. The van der Waals surface area contributed by atoms with Crippen molar-refractivity contribution in [3.05, 3.63) is 12.3 Å². The number of carbonyl (C=O) groups is 1. The zero-order valence-electron chi connectivity index (χ0n) is 16.1. The molecule has 0 radical (unpaired) electrons. The highest BCUT2D eigenvalue weighted by Crippen LogP contribution is 2.03. The maximum atomic E-state index is 9.91. The molecule has 0 unspecified atom stereocenters. The lowest BCUT2D eigenvalue weighted by Crippen LogP contribution is -2.11. The van der Waals surface area contributed by atoms with E-state index in [1.54, 1.807) is 0 Å². The van der Waals surface area contributed by atoms with Crippen molar-refractivity contribution in [2.75, 3.05) is 59.3 Å². The van der Waals surface area contributed by atoms with Gasteiger partial charge in [-0.25, -0.2) is 4.79 Å². The molecule has 1 amide bonds. The summed E-state index contributed by atoms with van der Waals surface area (Å²) in [6.45, 7) is 12.1. The van der Waals surface area contributed by atoms with Crippen molar-refractivity contribution in [3.8, 4) is 0 Å². The summed E-state index contributed by atoms with van der Waals surface area (Å²) in [5.74, 6) is 0. The average molecular weight is 373 g/mol. The third-order valence-electron chi connectivity index (χ3n) is 3.87. The molecule has 0 aromatic carbocycles. The van der Waals surface area contributed by atoms with Gasteiger partial charge >= 0.3 is 6.09 Å². The number of amides is 1. The number of nitrogens with one attached hydrogen (secondary N) is 2. The van der Waals surface area contributed by atoms with Gasteiger partial charge in [0.2, 0.25) is 0 Å². The summed E-state index contributed by atoms with van der Waals surface area (Å²) < 4.78 is 19.0. The van der Waals surface area contributed by atoms with Crippen LogP contribution in [0.5, 0.6) is 0 Å². The first-order chi connectivity index (χ1) is 12.8. The summed E-state index contributed by atoms with van der Waals surface area (Å²) in [6, 6.07) is 0. The van der Waals surface area contributed by atoms with E-state index in [1.165, 1.54) is 50.6 Å². The van der Waals surface area contributed by atoms with Crippen LogP contribution in [0.4, 0.5) is 4.79 Å². The van der Waals surface area contributed by atoms with Crippen LogP contribution in [0.1, 0.15) is 44.9 Å². The van der Waals surface area contributed by atoms with Crippen molar-refractivity contribution in [2.45, 2.75) is 44.9 Å². The topological polar surface area (TPSA) is 78.0 Å². The number of rotatable bonds is 0. The number of hydrogen-bond acceptors (Lipinski definition) is 6. The fourth-order valence-corrected chi connectivity index (χ4v) is 2.17. The van der Waals surface area contributed by atoms with Crippen molar-refractivity contribution in [2.24, 2.45) is 0 Å². The van der Waals surface area contributed by atoms with Gasteiger partial charge in [-0.15, -0.1) is 0 Å². The first-order valence-corrected chi connectivity index (χ1v) is 9.84. The summed E-state index contributed by atoms with van der Waals surface area (Å²) in [5, 5.41) is 5.58. The van der Waals surface area contributed by atoms with Gasteiger partial charge in [-0.3, -0.25) is 0 Å². The minimum Gasteiger partial charge on any atom is -0.448 e. The lowest BCUT2D eigenvalue weighted by molar-refractivity contribution is 0.0367. The molecule has 7 heteroatoms. The van der Waals surface area contributed by atoms with Crippen LogP contribution in [0.3, 0.4) is 0 Å². The molecule has 152 valence electrons. The first kappa shape index (κ1) is 22.7. The average Bonchev–Trinajstić information content (AvgIpc) is 3.38. The number of cyclic esters (lactones) is 1. The van der Waals surface area contributed by atoms with E-state index >= 15 is 0 Å². The van der Waals surface area contributed by atoms with Crippen LogP contribution in [0.2, 0.25) is 0 Å². The third-order valence-corrected chi connectivity index (χ3v) is 3.87. The molecule has 5 aliphatic rings. The number of hydrogen-bond donors (Lipinski definition) is 2. The second kappa shape index (κ2) is 17.1. The summed E-state index contributed by atoms with van der Waals surface area (Å²) in [7, 11) is 0. The van der Waals surface area contributed by atoms with E-state index in [0.717, 1.165) is 46.2 Å². The Morgan fingerprint density at radius 2 is 1.19 bits per heavy atom. The van der Waals surface area contributed by atoms with Crippen molar-refractivity contribution in [1.29, 1.82) is 0 Å². The Hall–Kier alpha value is -1.31. The fraction of sp³-hybridized carbons (Fsp3) is 0.842. The van der Waals surface area contributed by atoms with Gasteiger partial charge in [0.05, 0.1) is 6.54 Å². The van der Waals surface area contributed by atoms with E-state index in [9.17, 15) is 4.79 Å². The van der Waals surface area contributed by atoms with Gasteiger partial charge in [-0.2, -0.15) is 0 Å². The minimum atomic E-state index is -0.296. The van der Waals surface area contributed by atoms with Gasteiger partial charge in [0.15, 0.2) is 0 Å². The zero-order chi connectivity index (χ0) is 18.7. The molecule has 0 aliphatic carbocycles. The third kappa shape index (κ3) is 15.0. The van der Waals surface area contributed by atoms with Gasteiger partial charge in [-0.05, 0) is 44.9 Å². The van der Waals surface area contributed by atoms with Crippen LogP contribution < -0.4 is 10.6 Å². The Balaban J connectivity index is 0.000000164. The molecule has 5 aliphatic heterocycles. The van der Waals surface area contributed by atoms with E-state index in [-0.39, 0.29) is 6.09 Å². The van der Waals surface area contributed by atoms with E-state index in [1.807, 2.05) is 0 Å². The Labute approximate surface area is 157 Å². The van der Waals surface area contributed by atoms with E-state index in [2.05, 4.69) is 21.9 Å². The molecule has 0 atom stereocenters. The maximum Gasteiger partial charge on any atom is 0.407 e. The van der Waals surface area contributed by atoms with Crippen LogP contribution in [0, 0.1) is 0 Å². The largest absolute Gasteiger partial charge is 0.448 e. The summed E-state index contributed by atoms with van der Waals surface area (Å²) >= 11 is 0. The van der Waals surface area contributed by atoms with Gasteiger partial charge in [-0.1, -0.05) is 6.58 Å².